The van der Waals surface area contributed by atoms with E-state index in [-0.39, 0.29) is 23.9 Å². The van der Waals surface area contributed by atoms with Gasteiger partial charge in [-0.3, -0.25) is 4.79 Å². The van der Waals surface area contributed by atoms with Crippen molar-refractivity contribution in [2.75, 3.05) is 0 Å². The van der Waals surface area contributed by atoms with E-state index in [4.69, 9.17) is 0 Å². The van der Waals surface area contributed by atoms with Gasteiger partial charge in [0, 0.05) is 12.3 Å². The fourth-order valence-electron chi connectivity index (χ4n) is 1.03. The Balaban J connectivity index is 2.75. The van der Waals surface area contributed by atoms with Gasteiger partial charge in [-0.1, -0.05) is 32.0 Å². The number of halogens is 1. The van der Waals surface area contributed by atoms with Gasteiger partial charge in [0.25, 0.3) is 0 Å². The third-order valence-electron chi connectivity index (χ3n) is 1.97. The van der Waals surface area contributed by atoms with Gasteiger partial charge in [0.2, 0.25) is 0 Å². The molecule has 0 fully saturated rings. The SMILES string of the molecule is CC(C)C(=O)Cc1ccccc1F. The number of carbonyl (C=O) groups is 1. The van der Waals surface area contributed by atoms with Crippen LogP contribution in [0.25, 0.3) is 0 Å². The molecule has 0 radical (unpaired) electrons. The Labute approximate surface area is 77.6 Å². The minimum absolute atomic E-state index is 0.0281. The van der Waals surface area contributed by atoms with E-state index in [0.29, 0.717) is 5.56 Å². The van der Waals surface area contributed by atoms with Gasteiger partial charge in [-0.15, -0.1) is 0 Å². The molecule has 0 aliphatic carbocycles. The summed E-state index contributed by atoms with van der Waals surface area (Å²) in [6, 6.07) is 6.39. The molecule has 1 aromatic carbocycles. The molecule has 13 heavy (non-hydrogen) atoms. The first kappa shape index (κ1) is 9.90. The monoisotopic (exact) mass is 180 g/mol. The van der Waals surface area contributed by atoms with Gasteiger partial charge in [-0.25, -0.2) is 4.39 Å². The van der Waals surface area contributed by atoms with Gasteiger partial charge in [0.15, 0.2) is 0 Å². The molecule has 0 aliphatic heterocycles. The van der Waals surface area contributed by atoms with Crippen molar-refractivity contribution >= 4 is 5.78 Å². The molecule has 0 spiro atoms. The smallest absolute Gasteiger partial charge is 0.139 e. The Kier molecular flexibility index (Phi) is 3.18. The first-order valence-electron chi connectivity index (χ1n) is 4.37. The standard InChI is InChI=1S/C11H13FO/c1-8(2)11(13)7-9-5-3-4-6-10(9)12/h3-6,8H,7H2,1-2H3. The number of benzene rings is 1. The average Bonchev–Trinajstić information content (AvgIpc) is 2.08. The summed E-state index contributed by atoms with van der Waals surface area (Å²) in [5, 5.41) is 0. The highest BCUT2D eigenvalue weighted by Crippen LogP contribution is 2.09. The lowest BCUT2D eigenvalue weighted by molar-refractivity contribution is -0.121. The van der Waals surface area contributed by atoms with Crippen LogP contribution in [-0.2, 0) is 11.2 Å². The zero-order valence-electron chi connectivity index (χ0n) is 7.88. The molecule has 0 saturated heterocycles. The lowest BCUT2D eigenvalue weighted by atomic mass is 10.0. The van der Waals surface area contributed by atoms with Gasteiger partial charge in [-0.05, 0) is 11.6 Å². The van der Waals surface area contributed by atoms with Crippen LogP contribution in [0.5, 0.6) is 0 Å². The molecule has 2 heteroatoms. The second-order valence-corrected chi connectivity index (χ2v) is 3.39. The topological polar surface area (TPSA) is 17.1 Å². The summed E-state index contributed by atoms with van der Waals surface area (Å²) in [4.78, 5) is 11.3. The van der Waals surface area contributed by atoms with Crippen LogP contribution >= 0.6 is 0 Å². The normalized spacial score (nSPS) is 10.5. The maximum Gasteiger partial charge on any atom is 0.139 e. The minimum Gasteiger partial charge on any atom is -0.299 e. The predicted molar refractivity (Wildman–Crippen MR) is 49.9 cm³/mol. The lowest BCUT2D eigenvalue weighted by Gasteiger charge is -2.04. The molecule has 0 bridgehead atoms. The molecule has 1 nitrogen and oxygen atoms in total. The van der Waals surface area contributed by atoms with E-state index < -0.39 is 0 Å². The summed E-state index contributed by atoms with van der Waals surface area (Å²) >= 11 is 0. The Morgan fingerprint density at radius 1 is 1.38 bits per heavy atom. The fourth-order valence-corrected chi connectivity index (χ4v) is 1.03. The van der Waals surface area contributed by atoms with Crippen LogP contribution in [0.3, 0.4) is 0 Å². The summed E-state index contributed by atoms with van der Waals surface area (Å²) in [5.41, 5.74) is 0.487. The van der Waals surface area contributed by atoms with Crippen molar-refractivity contribution in [2.24, 2.45) is 5.92 Å². The Hall–Kier alpha value is -1.18. The molecule has 0 aromatic heterocycles. The van der Waals surface area contributed by atoms with E-state index in [0.717, 1.165) is 0 Å². The molecule has 0 atom stereocenters. The van der Waals surface area contributed by atoms with Crippen molar-refractivity contribution in [3.8, 4) is 0 Å². The van der Waals surface area contributed by atoms with Crippen molar-refractivity contribution < 1.29 is 9.18 Å². The van der Waals surface area contributed by atoms with Gasteiger partial charge < -0.3 is 0 Å². The van der Waals surface area contributed by atoms with Crippen LogP contribution in [-0.4, -0.2) is 5.78 Å². The van der Waals surface area contributed by atoms with Crippen molar-refractivity contribution in [2.45, 2.75) is 20.3 Å². The van der Waals surface area contributed by atoms with Crippen LogP contribution in [0.2, 0.25) is 0 Å². The quantitative estimate of drug-likeness (QED) is 0.698. The molecule has 0 saturated carbocycles. The molecule has 0 N–H and O–H groups in total. The van der Waals surface area contributed by atoms with Gasteiger partial charge in [-0.2, -0.15) is 0 Å². The Morgan fingerprint density at radius 2 is 2.00 bits per heavy atom. The fraction of sp³-hybridized carbons (Fsp3) is 0.364. The van der Waals surface area contributed by atoms with E-state index in [9.17, 15) is 9.18 Å². The summed E-state index contributed by atoms with van der Waals surface area (Å²) in [6.45, 7) is 3.65. The van der Waals surface area contributed by atoms with Gasteiger partial charge in [0.1, 0.15) is 11.6 Å². The molecule has 0 heterocycles. The average molecular weight is 180 g/mol. The zero-order chi connectivity index (χ0) is 9.84. The second-order valence-electron chi connectivity index (χ2n) is 3.39. The molecular formula is C11H13FO. The van der Waals surface area contributed by atoms with E-state index >= 15 is 0 Å². The number of hydrogen-bond acceptors (Lipinski definition) is 1. The van der Waals surface area contributed by atoms with Crippen molar-refractivity contribution in [1.82, 2.24) is 0 Å². The molecule has 1 rings (SSSR count). The van der Waals surface area contributed by atoms with Crippen LogP contribution in [0.4, 0.5) is 4.39 Å². The molecule has 1 aromatic rings. The van der Waals surface area contributed by atoms with Crippen molar-refractivity contribution in [1.29, 1.82) is 0 Å². The van der Waals surface area contributed by atoms with E-state index in [1.54, 1.807) is 18.2 Å². The van der Waals surface area contributed by atoms with Crippen LogP contribution in [0, 0.1) is 11.7 Å². The second kappa shape index (κ2) is 4.17. The highest BCUT2D eigenvalue weighted by molar-refractivity contribution is 5.82. The molecule has 70 valence electrons. The van der Waals surface area contributed by atoms with Gasteiger partial charge in [0.05, 0.1) is 0 Å². The summed E-state index contributed by atoms with van der Waals surface area (Å²) < 4.78 is 13.1. The Bertz CT molecular complexity index is 305. The maximum atomic E-state index is 13.1. The molecule has 0 amide bonds. The highest BCUT2D eigenvalue weighted by Gasteiger charge is 2.10. The van der Waals surface area contributed by atoms with Gasteiger partial charge >= 0.3 is 0 Å². The van der Waals surface area contributed by atoms with Crippen LogP contribution in [0.1, 0.15) is 19.4 Å². The third-order valence-corrected chi connectivity index (χ3v) is 1.97. The summed E-state index contributed by atoms with van der Waals surface area (Å²) in [5.74, 6) is -0.249. The van der Waals surface area contributed by atoms with Crippen LogP contribution in [0.15, 0.2) is 24.3 Å². The predicted octanol–water partition coefficient (Wildman–Crippen LogP) is 2.59. The first-order chi connectivity index (χ1) is 6.11. The zero-order valence-corrected chi connectivity index (χ0v) is 7.88. The summed E-state index contributed by atoms with van der Waals surface area (Å²) in [6.07, 6.45) is 0.199. The molecule has 0 unspecified atom stereocenters. The molecule has 0 aliphatic rings. The third kappa shape index (κ3) is 2.65. The van der Waals surface area contributed by atoms with E-state index in [1.165, 1.54) is 6.07 Å². The number of ketones is 1. The van der Waals surface area contributed by atoms with Crippen molar-refractivity contribution in [3.05, 3.63) is 35.6 Å². The minimum atomic E-state index is -0.295. The Morgan fingerprint density at radius 3 is 2.54 bits per heavy atom. The maximum absolute atomic E-state index is 13.1. The largest absolute Gasteiger partial charge is 0.299 e. The summed E-state index contributed by atoms with van der Waals surface area (Å²) in [7, 11) is 0. The number of Topliss-reactive ketones (excluding diaryl/α,β-unsaturated/α-hetero) is 1. The number of hydrogen-bond donors (Lipinski definition) is 0. The van der Waals surface area contributed by atoms with Crippen LogP contribution < -0.4 is 0 Å². The highest BCUT2D eigenvalue weighted by atomic mass is 19.1. The number of rotatable bonds is 3. The van der Waals surface area contributed by atoms with E-state index in [1.807, 2.05) is 13.8 Å². The van der Waals surface area contributed by atoms with E-state index in [2.05, 4.69) is 0 Å². The first-order valence-corrected chi connectivity index (χ1v) is 4.37. The van der Waals surface area contributed by atoms with Crippen molar-refractivity contribution in [3.63, 3.8) is 0 Å². The molecular weight excluding hydrogens is 167 g/mol. The number of carbonyl (C=O) groups excluding carboxylic acids is 1. The lowest BCUT2D eigenvalue weighted by Crippen LogP contribution is -2.11.